The third kappa shape index (κ3) is 2.89. The van der Waals surface area contributed by atoms with E-state index < -0.39 is 0 Å². The quantitative estimate of drug-likeness (QED) is 0.803. The lowest BCUT2D eigenvalue weighted by Gasteiger charge is -2.13. The summed E-state index contributed by atoms with van der Waals surface area (Å²) in [7, 11) is 3.40. The molecule has 0 saturated carbocycles. The Morgan fingerprint density at radius 2 is 1.62 bits per heavy atom. The minimum absolute atomic E-state index is 0.695. The molecular weight excluding hydrogens is 202 g/mol. The molecule has 16 heavy (non-hydrogen) atoms. The summed E-state index contributed by atoms with van der Waals surface area (Å²) in [5, 5.41) is 0. The Labute approximate surface area is 97.6 Å². The number of nitrogens with two attached hydrogens (primary N) is 1. The number of rotatable bonds is 6. The van der Waals surface area contributed by atoms with Gasteiger partial charge in [-0.25, -0.2) is 0 Å². The molecule has 0 saturated heterocycles. The Balaban J connectivity index is 3.05. The first-order chi connectivity index (χ1) is 7.76. The Morgan fingerprint density at radius 1 is 1.06 bits per heavy atom. The molecule has 90 valence electrons. The molecule has 3 heteroatoms. The Kier molecular flexibility index (Phi) is 5.12. The van der Waals surface area contributed by atoms with Gasteiger partial charge in [-0.2, -0.15) is 0 Å². The molecule has 3 nitrogen and oxygen atoms in total. The minimum atomic E-state index is 0.695. The Bertz CT molecular complexity index is 337. The van der Waals surface area contributed by atoms with Gasteiger partial charge in [0.25, 0.3) is 0 Å². The van der Waals surface area contributed by atoms with E-state index in [1.54, 1.807) is 14.2 Å². The average molecular weight is 223 g/mol. The molecule has 0 heterocycles. The molecule has 0 spiro atoms. The first-order valence-corrected chi connectivity index (χ1v) is 5.70. The number of aryl methyl sites for hydroxylation is 2. The molecule has 0 bridgehead atoms. The van der Waals surface area contributed by atoms with E-state index in [9.17, 15) is 0 Å². The number of hydrogen-bond donors (Lipinski definition) is 1. The second-order valence-corrected chi connectivity index (χ2v) is 3.72. The number of hydrogen-bond acceptors (Lipinski definition) is 3. The van der Waals surface area contributed by atoms with Crippen LogP contribution in [0.5, 0.6) is 11.5 Å². The summed E-state index contributed by atoms with van der Waals surface area (Å²) in [6.45, 7) is 2.80. The number of ether oxygens (including phenoxy) is 2. The van der Waals surface area contributed by atoms with E-state index in [2.05, 4.69) is 19.1 Å². The molecule has 0 aliphatic carbocycles. The summed E-state index contributed by atoms with van der Waals surface area (Å²) in [6.07, 6.45) is 2.84. The van der Waals surface area contributed by atoms with Crippen LogP contribution in [-0.4, -0.2) is 20.8 Å². The van der Waals surface area contributed by atoms with Gasteiger partial charge in [-0.15, -0.1) is 0 Å². The van der Waals surface area contributed by atoms with Crippen LogP contribution in [0.4, 0.5) is 0 Å². The van der Waals surface area contributed by atoms with Crippen molar-refractivity contribution in [1.29, 1.82) is 0 Å². The van der Waals surface area contributed by atoms with Gasteiger partial charge in [0.05, 0.1) is 14.2 Å². The van der Waals surface area contributed by atoms with Crippen molar-refractivity contribution >= 4 is 0 Å². The fourth-order valence-corrected chi connectivity index (χ4v) is 1.79. The van der Waals surface area contributed by atoms with E-state index in [0.717, 1.165) is 30.8 Å². The maximum atomic E-state index is 5.52. The molecule has 1 aromatic rings. The minimum Gasteiger partial charge on any atom is -0.496 e. The molecule has 1 rings (SSSR count). The first-order valence-electron chi connectivity index (χ1n) is 5.70. The van der Waals surface area contributed by atoms with Gasteiger partial charge in [-0.3, -0.25) is 0 Å². The summed E-state index contributed by atoms with van der Waals surface area (Å²) in [6, 6.07) is 4.12. The number of benzene rings is 1. The van der Waals surface area contributed by atoms with Crippen molar-refractivity contribution in [2.45, 2.75) is 26.2 Å². The van der Waals surface area contributed by atoms with E-state index in [1.165, 1.54) is 11.1 Å². The summed E-state index contributed by atoms with van der Waals surface area (Å²) >= 11 is 0. The van der Waals surface area contributed by atoms with Crippen molar-refractivity contribution in [2.75, 3.05) is 20.8 Å². The van der Waals surface area contributed by atoms with E-state index in [4.69, 9.17) is 15.2 Å². The highest BCUT2D eigenvalue weighted by atomic mass is 16.5. The van der Waals surface area contributed by atoms with Crippen molar-refractivity contribution in [3.63, 3.8) is 0 Å². The topological polar surface area (TPSA) is 44.5 Å². The average Bonchev–Trinajstić information content (AvgIpc) is 2.35. The van der Waals surface area contributed by atoms with Crippen LogP contribution in [-0.2, 0) is 12.8 Å². The van der Waals surface area contributed by atoms with Gasteiger partial charge >= 0.3 is 0 Å². The summed E-state index contributed by atoms with van der Waals surface area (Å²) < 4.78 is 10.8. The molecule has 0 amide bonds. The Hall–Kier alpha value is -1.22. The lowest BCUT2D eigenvalue weighted by Crippen LogP contribution is -2.03. The van der Waals surface area contributed by atoms with Crippen molar-refractivity contribution in [3.8, 4) is 11.5 Å². The van der Waals surface area contributed by atoms with E-state index in [0.29, 0.717) is 6.54 Å². The summed E-state index contributed by atoms with van der Waals surface area (Å²) in [4.78, 5) is 0. The molecular formula is C13H21NO2. The van der Waals surface area contributed by atoms with Crippen molar-refractivity contribution in [2.24, 2.45) is 5.73 Å². The predicted octanol–water partition coefficient (Wildman–Crippen LogP) is 2.16. The normalized spacial score (nSPS) is 10.2. The lowest BCUT2D eigenvalue weighted by atomic mass is 10.0. The van der Waals surface area contributed by atoms with E-state index >= 15 is 0 Å². The highest BCUT2D eigenvalue weighted by Gasteiger charge is 2.09. The highest BCUT2D eigenvalue weighted by molar-refractivity contribution is 5.46. The van der Waals surface area contributed by atoms with Crippen LogP contribution in [0.2, 0.25) is 0 Å². The lowest BCUT2D eigenvalue weighted by molar-refractivity contribution is 0.395. The SMILES string of the molecule is CCc1cc(OC)c(CCCN)cc1OC. The zero-order valence-electron chi connectivity index (χ0n) is 10.4. The standard InChI is InChI=1S/C13H21NO2/c1-4-10-8-13(16-3)11(6-5-7-14)9-12(10)15-2/h8-9H,4-7,14H2,1-3H3. The smallest absolute Gasteiger partial charge is 0.122 e. The second-order valence-electron chi connectivity index (χ2n) is 3.72. The molecule has 0 aliphatic heterocycles. The van der Waals surface area contributed by atoms with Crippen LogP contribution < -0.4 is 15.2 Å². The van der Waals surface area contributed by atoms with Gasteiger partial charge in [0.15, 0.2) is 0 Å². The van der Waals surface area contributed by atoms with Gasteiger partial charge in [-0.05, 0) is 49.1 Å². The fraction of sp³-hybridized carbons (Fsp3) is 0.538. The summed E-state index contributed by atoms with van der Waals surface area (Å²) in [5.41, 5.74) is 7.87. The van der Waals surface area contributed by atoms with Gasteiger partial charge < -0.3 is 15.2 Å². The van der Waals surface area contributed by atoms with Gasteiger partial charge in [0, 0.05) is 0 Å². The molecule has 2 N–H and O–H groups in total. The van der Waals surface area contributed by atoms with Crippen LogP contribution in [0, 0.1) is 0 Å². The van der Waals surface area contributed by atoms with E-state index in [-0.39, 0.29) is 0 Å². The number of methoxy groups -OCH3 is 2. The Morgan fingerprint density at radius 3 is 2.12 bits per heavy atom. The molecule has 1 aromatic carbocycles. The molecule has 0 radical (unpaired) electrons. The van der Waals surface area contributed by atoms with E-state index in [1.807, 2.05) is 0 Å². The monoisotopic (exact) mass is 223 g/mol. The predicted molar refractivity (Wildman–Crippen MR) is 66.3 cm³/mol. The zero-order chi connectivity index (χ0) is 12.0. The molecule has 0 atom stereocenters. The summed E-state index contributed by atoms with van der Waals surface area (Å²) in [5.74, 6) is 1.88. The van der Waals surface area contributed by atoms with Crippen molar-refractivity contribution in [1.82, 2.24) is 0 Å². The first kappa shape index (κ1) is 12.8. The largest absolute Gasteiger partial charge is 0.496 e. The van der Waals surface area contributed by atoms with Crippen molar-refractivity contribution in [3.05, 3.63) is 23.3 Å². The van der Waals surface area contributed by atoms with Crippen molar-refractivity contribution < 1.29 is 9.47 Å². The van der Waals surface area contributed by atoms with Crippen LogP contribution in [0.3, 0.4) is 0 Å². The van der Waals surface area contributed by atoms with Gasteiger partial charge in [-0.1, -0.05) is 6.92 Å². The highest BCUT2D eigenvalue weighted by Crippen LogP contribution is 2.29. The fourth-order valence-electron chi connectivity index (χ4n) is 1.79. The molecule has 0 aromatic heterocycles. The van der Waals surface area contributed by atoms with Crippen LogP contribution in [0.15, 0.2) is 12.1 Å². The van der Waals surface area contributed by atoms with Crippen LogP contribution in [0.25, 0.3) is 0 Å². The maximum absolute atomic E-state index is 5.52. The second kappa shape index (κ2) is 6.38. The van der Waals surface area contributed by atoms with Crippen LogP contribution >= 0.6 is 0 Å². The molecule has 0 aliphatic rings. The maximum Gasteiger partial charge on any atom is 0.122 e. The van der Waals surface area contributed by atoms with Gasteiger partial charge in [0.2, 0.25) is 0 Å². The zero-order valence-corrected chi connectivity index (χ0v) is 10.4. The third-order valence-corrected chi connectivity index (χ3v) is 2.71. The molecule has 0 fully saturated rings. The van der Waals surface area contributed by atoms with Gasteiger partial charge in [0.1, 0.15) is 11.5 Å². The molecule has 0 unspecified atom stereocenters. The van der Waals surface area contributed by atoms with Crippen LogP contribution in [0.1, 0.15) is 24.5 Å². The third-order valence-electron chi connectivity index (χ3n) is 2.71.